The maximum absolute atomic E-state index is 12.2. The highest BCUT2D eigenvalue weighted by Crippen LogP contribution is 2.42. The molecule has 0 amide bonds. The Labute approximate surface area is 108 Å². The second kappa shape index (κ2) is 4.22. The molecular formula is C13H14N2O4. The summed E-state index contributed by atoms with van der Waals surface area (Å²) in [6.45, 7) is 1.47. The number of furan rings is 1. The van der Waals surface area contributed by atoms with E-state index in [9.17, 15) is 9.59 Å². The van der Waals surface area contributed by atoms with Crippen LogP contribution in [0.1, 0.15) is 37.1 Å². The van der Waals surface area contributed by atoms with Gasteiger partial charge in [0.15, 0.2) is 5.58 Å². The summed E-state index contributed by atoms with van der Waals surface area (Å²) >= 11 is 0. The molecule has 3 rings (SSSR count). The van der Waals surface area contributed by atoms with E-state index >= 15 is 0 Å². The first-order chi connectivity index (χ1) is 9.10. The monoisotopic (exact) mass is 262 g/mol. The lowest BCUT2D eigenvalue weighted by atomic mass is 10.2. The van der Waals surface area contributed by atoms with Crippen LogP contribution in [0.5, 0.6) is 0 Å². The molecule has 0 saturated heterocycles. The Balaban J connectivity index is 2.21. The summed E-state index contributed by atoms with van der Waals surface area (Å²) in [5, 5.41) is 13.3. The molecule has 0 spiro atoms. The molecule has 2 aromatic rings. The average molecular weight is 262 g/mol. The molecule has 0 bridgehead atoms. The van der Waals surface area contributed by atoms with Crippen molar-refractivity contribution < 1.29 is 14.3 Å². The maximum Gasteiger partial charge on any atom is 0.325 e. The first-order valence-electron chi connectivity index (χ1n) is 6.35. The molecule has 1 saturated carbocycles. The van der Waals surface area contributed by atoms with Crippen molar-refractivity contribution in [2.75, 3.05) is 0 Å². The molecular weight excluding hydrogens is 248 g/mol. The number of hydrogen-bond acceptors (Lipinski definition) is 4. The summed E-state index contributed by atoms with van der Waals surface area (Å²) in [5.41, 5.74) is 0.740. The number of carboxylic acids is 1. The fourth-order valence-electron chi connectivity index (χ4n) is 2.19. The number of aliphatic carboxylic acids is 1. The Morgan fingerprint density at radius 3 is 2.89 bits per heavy atom. The van der Waals surface area contributed by atoms with Crippen molar-refractivity contribution in [2.24, 2.45) is 0 Å². The highest BCUT2D eigenvalue weighted by Gasteiger charge is 2.28. The summed E-state index contributed by atoms with van der Waals surface area (Å²) < 4.78 is 6.73. The number of carbonyl (C=O) groups is 1. The quantitative estimate of drug-likeness (QED) is 0.902. The molecule has 1 N–H and O–H groups in total. The van der Waals surface area contributed by atoms with Gasteiger partial charge < -0.3 is 9.52 Å². The predicted octanol–water partition coefficient (Wildman–Crippen LogP) is 1.51. The highest BCUT2D eigenvalue weighted by atomic mass is 16.4. The Bertz CT molecular complexity index is 709. The number of carboxylic acid groups (broad SMARTS) is 1. The Morgan fingerprint density at radius 2 is 2.32 bits per heavy atom. The Morgan fingerprint density at radius 1 is 1.58 bits per heavy atom. The fourth-order valence-corrected chi connectivity index (χ4v) is 2.19. The summed E-state index contributed by atoms with van der Waals surface area (Å²) in [4.78, 5) is 22.9. The second-order valence-corrected chi connectivity index (χ2v) is 4.82. The first kappa shape index (κ1) is 12.0. The van der Waals surface area contributed by atoms with Crippen LogP contribution in [0, 0.1) is 0 Å². The van der Waals surface area contributed by atoms with Gasteiger partial charge in [-0.15, -0.1) is 0 Å². The molecule has 1 aliphatic carbocycles. The molecule has 0 aliphatic heterocycles. The Hall–Kier alpha value is -2.11. The van der Waals surface area contributed by atoms with Crippen molar-refractivity contribution in [3.63, 3.8) is 0 Å². The van der Waals surface area contributed by atoms with Gasteiger partial charge in [0.2, 0.25) is 0 Å². The number of aromatic nitrogens is 2. The summed E-state index contributed by atoms with van der Waals surface area (Å²) in [6.07, 6.45) is 2.75. The van der Waals surface area contributed by atoms with Gasteiger partial charge in [-0.25, -0.2) is 4.68 Å². The molecule has 0 radical (unpaired) electrons. The van der Waals surface area contributed by atoms with E-state index in [1.54, 1.807) is 6.07 Å². The Kier molecular flexibility index (Phi) is 2.66. The van der Waals surface area contributed by atoms with Crippen LogP contribution < -0.4 is 5.56 Å². The minimum Gasteiger partial charge on any atom is -0.480 e. The van der Waals surface area contributed by atoms with Gasteiger partial charge in [-0.3, -0.25) is 9.59 Å². The lowest BCUT2D eigenvalue weighted by Crippen LogP contribution is -2.27. The molecule has 0 atom stereocenters. The first-order valence-corrected chi connectivity index (χ1v) is 6.35. The average Bonchev–Trinajstić information content (AvgIpc) is 3.12. The molecule has 6 nitrogen and oxygen atoms in total. The minimum atomic E-state index is -1.08. The van der Waals surface area contributed by atoms with E-state index in [-0.39, 0.29) is 0 Å². The molecule has 2 heterocycles. The third-order valence-corrected chi connectivity index (χ3v) is 3.32. The lowest BCUT2D eigenvalue weighted by Gasteiger charge is -2.04. The van der Waals surface area contributed by atoms with Crippen molar-refractivity contribution in [3.8, 4) is 0 Å². The van der Waals surface area contributed by atoms with Crippen LogP contribution in [-0.2, 0) is 17.8 Å². The minimum absolute atomic E-state index is 0.398. The van der Waals surface area contributed by atoms with Crippen molar-refractivity contribution >= 4 is 16.9 Å². The lowest BCUT2D eigenvalue weighted by molar-refractivity contribution is -0.138. The van der Waals surface area contributed by atoms with Gasteiger partial charge in [-0.2, -0.15) is 5.10 Å². The number of fused-ring (bicyclic) bond motifs is 1. The van der Waals surface area contributed by atoms with Crippen LogP contribution in [0.4, 0.5) is 0 Å². The van der Waals surface area contributed by atoms with Crippen molar-refractivity contribution in [1.82, 2.24) is 9.78 Å². The zero-order valence-corrected chi connectivity index (χ0v) is 10.5. The van der Waals surface area contributed by atoms with Crippen LogP contribution in [0.3, 0.4) is 0 Å². The van der Waals surface area contributed by atoms with Crippen LogP contribution in [-0.4, -0.2) is 20.9 Å². The molecule has 19 heavy (non-hydrogen) atoms. The van der Waals surface area contributed by atoms with Crippen molar-refractivity contribution in [2.45, 2.75) is 38.6 Å². The van der Waals surface area contributed by atoms with E-state index < -0.39 is 18.1 Å². The van der Waals surface area contributed by atoms with Gasteiger partial charge in [0.1, 0.15) is 18.0 Å². The van der Waals surface area contributed by atoms with Crippen LogP contribution >= 0.6 is 0 Å². The number of aryl methyl sites for hydroxylation is 1. The van der Waals surface area contributed by atoms with Crippen LogP contribution in [0.15, 0.2) is 15.3 Å². The molecule has 1 aliphatic rings. The van der Waals surface area contributed by atoms with E-state index in [1.807, 2.05) is 6.92 Å². The van der Waals surface area contributed by atoms with E-state index in [1.165, 1.54) is 0 Å². The van der Waals surface area contributed by atoms with Gasteiger partial charge in [-0.1, -0.05) is 6.92 Å². The zero-order valence-electron chi connectivity index (χ0n) is 10.5. The van der Waals surface area contributed by atoms with E-state index in [2.05, 4.69) is 5.10 Å². The normalized spacial score (nSPS) is 15.0. The van der Waals surface area contributed by atoms with Gasteiger partial charge in [0.25, 0.3) is 5.56 Å². The maximum atomic E-state index is 12.2. The van der Waals surface area contributed by atoms with Crippen LogP contribution in [0.2, 0.25) is 0 Å². The highest BCUT2D eigenvalue weighted by molar-refractivity contribution is 5.79. The van der Waals surface area contributed by atoms with Gasteiger partial charge in [0.05, 0.1) is 5.39 Å². The van der Waals surface area contributed by atoms with Crippen molar-refractivity contribution in [3.05, 3.63) is 27.9 Å². The summed E-state index contributed by atoms with van der Waals surface area (Å²) in [7, 11) is 0. The number of hydrogen-bond donors (Lipinski definition) is 1. The third kappa shape index (κ3) is 2.03. The van der Waals surface area contributed by atoms with Crippen LogP contribution in [0.25, 0.3) is 11.0 Å². The van der Waals surface area contributed by atoms with Gasteiger partial charge in [-0.05, 0) is 25.3 Å². The predicted molar refractivity (Wildman–Crippen MR) is 67.3 cm³/mol. The molecule has 100 valence electrons. The molecule has 6 heteroatoms. The fraction of sp³-hybridized carbons (Fsp3) is 0.462. The molecule has 2 aromatic heterocycles. The zero-order chi connectivity index (χ0) is 13.6. The standard InChI is InChI=1S/C13H14N2O4/c1-2-9-12-8(5-10(19-12)7-3-4-7)13(18)15(14-9)6-11(16)17/h5,7H,2-4,6H2,1H3,(H,16,17). The second-order valence-electron chi connectivity index (χ2n) is 4.82. The SMILES string of the molecule is CCc1nn(CC(=O)O)c(=O)c2cc(C3CC3)oc12. The van der Waals surface area contributed by atoms with E-state index in [0.717, 1.165) is 23.3 Å². The topological polar surface area (TPSA) is 85.3 Å². The van der Waals surface area contributed by atoms with Gasteiger partial charge in [0, 0.05) is 5.92 Å². The summed E-state index contributed by atoms with van der Waals surface area (Å²) in [5.74, 6) is 0.142. The molecule has 0 aromatic carbocycles. The smallest absolute Gasteiger partial charge is 0.325 e. The number of rotatable bonds is 4. The number of nitrogens with zero attached hydrogens (tertiary/aromatic N) is 2. The van der Waals surface area contributed by atoms with E-state index in [4.69, 9.17) is 9.52 Å². The van der Waals surface area contributed by atoms with Crippen molar-refractivity contribution in [1.29, 1.82) is 0 Å². The molecule has 1 fully saturated rings. The summed E-state index contributed by atoms with van der Waals surface area (Å²) in [6, 6.07) is 1.74. The van der Waals surface area contributed by atoms with Gasteiger partial charge >= 0.3 is 5.97 Å². The third-order valence-electron chi connectivity index (χ3n) is 3.32. The van der Waals surface area contributed by atoms with E-state index in [0.29, 0.717) is 29.0 Å². The largest absolute Gasteiger partial charge is 0.480 e. The molecule has 0 unspecified atom stereocenters.